The zero-order chi connectivity index (χ0) is 14.9. The maximum atomic E-state index is 13.7. The van der Waals surface area contributed by atoms with Crippen LogP contribution in [0.25, 0.3) is 0 Å². The molecule has 2 aromatic carbocycles. The summed E-state index contributed by atoms with van der Waals surface area (Å²) < 4.78 is 27.0. The summed E-state index contributed by atoms with van der Waals surface area (Å²) >= 11 is 0. The Morgan fingerprint density at radius 1 is 0.900 bits per heavy atom. The Labute approximate surface area is 118 Å². The summed E-state index contributed by atoms with van der Waals surface area (Å²) in [6, 6.07) is 8.35. The van der Waals surface area contributed by atoms with Crippen LogP contribution in [0.15, 0.2) is 30.3 Å². The van der Waals surface area contributed by atoms with Crippen LogP contribution in [0.4, 0.5) is 8.78 Å². The number of aryl methyl sites for hydroxylation is 3. The molecule has 1 unspecified atom stereocenters. The van der Waals surface area contributed by atoms with Crippen molar-refractivity contribution in [1.82, 2.24) is 5.32 Å². The molecule has 0 radical (unpaired) electrons. The predicted octanol–water partition coefficient (Wildman–Crippen LogP) is 4.20. The van der Waals surface area contributed by atoms with E-state index in [9.17, 15) is 8.78 Å². The van der Waals surface area contributed by atoms with Crippen molar-refractivity contribution in [2.45, 2.75) is 26.8 Å². The second-order valence-corrected chi connectivity index (χ2v) is 5.19. The van der Waals surface area contributed by atoms with Crippen LogP contribution >= 0.6 is 0 Å². The lowest BCUT2D eigenvalue weighted by atomic mass is 9.92. The summed E-state index contributed by atoms with van der Waals surface area (Å²) in [6.45, 7) is 5.40. The van der Waals surface area contributed by atoms with E-state index in [1.54, 1.807) is 19.9 Å². The van der Waals surface area contributed by atoms with Crippen LogP contribution in [0.3, 0.4) is 0 Å². The van der Waals surface area contributed by atoms with Crippen molar-refractivity contribution in [3.63, 3.8) is 0 Å². The third-order valence-electron chi connectivity index (χ3n) is 3.62. The first-order valence-electron chi connectivity index (χ1n) is 6.64. The molecule has 0 fully saturated rings. The van der Waals surface area contributed by atoms with E-state index in [2.05, 4.69) is 5.32 Å². The molecule has 3 heteroatoms. The first kappa shape index (κ1) is 14.7. The van der Waals surface area contributed by atoms with E-state index in [0.717, 1.165) is 16.7 Å². The monoisotopic (exact) mass is 275 g/mol. The summed E-state index contributed by atoms with van der Waals surface area (Å²) in [5.41, 5.74) is 4.11. The summed E-state index contributed by atoms with van der Waals surface area (Å²) in [5.74, 6) is -0.410. The molecule has 1 N–H and O–H groups in total. The van der Waals surface area contributed by atoms with Crippen LogP contribution in [-0.2, 0) is 0 Å². The fraction of sp³-hybridized carbons (Fsp3) is 0.294. The fourth-order valence-electron chi connectivity index (χ4n) is 2.61. The van der Waals surface area contributed by atoms with Crippen LogP contribution in [0.1, 0.15) is 33.9 Å². The van der Waals surface area contributed by atoms with E-state index in [4.69, 9.17) is 0 Å². The van der Waals surface area contributed by atoms with Crippen molar-refractivity contribution in [1.29, 1.82) is 0 Å². The van der Waals surface area contributed by atoms with Gasteiger partial charge in [-0.2, -0.15) is 0 Å². The number of halogens is 2. The van der Waals surface area contributed by atoms with Crippen molar-refractivity contribution in [2.24, 2.45) is 0 Å². The average Bonchev–Trinajstić information content (AvgIpc) is 2.39. The topological polar surface area (TPSA) is 12.0 Å². The first-order valence-corrected chi connectivity index (χ1v) is 6.64. The van der Waals surface area contributed by atoms with E-state index >= 15 is 0 Å². The number of hydrogen-bond donors (Lipinski definition) is 1. The van der Waals surface area contributed by atoms with Gasteiger partial charge in [-0.05, 0) is 67.8 Å². The molecule has 2 rings (SSSR count). The number of nitrogens with one attached hydrogen (secondary N) is 1. The highest BCUT2D eigenvalue weighted by atomic mass is 19.1. The van der Waals surface area contributed by atoms with Gasteiger partial charge in [-0.15, -0.1) is 0 Å². The van der Waals surface area contributed by atoms with Gasteiger partial charge in [0.05, 0.1) is 6.04 Å². The average molecular weight is 275 g/mol. The molecule has 0 spiro atoms. The zero-order valence-corrected chi connectivity index (χ0v) is 12.2. The molecule has 20 heavy (non-hydrogen) atoms. The van der Waals surface area contributed by atoms with Gasteiger partial charge in [0, 0.05) is 0 Å². The molecule has 0 aliphatic heterocycles. The van der Waals surface area contributed by atoms with E-state index < -0.39 is 0 Å². The normalized spacial score (nSPS) is 12.5. The van der Waals surface area contributed by atoms with Crippen molar-refractivity contribution >= 4 is 0 Å². The lowest BCUT2D eigenvalue weighted by molar-refractivity contribution is 0.603. The van der Waals surface area contributed by atoms with Gasteiger partial charge in [0.15, 0.2) is 0 Å². The number of hydrogen-bond acceptors (Lipinski definition) is 1. The van der Waals surface area contributed by atoms with E-state index in [0.29, 0.717) is 11.1 Å². The van der Waals surface area contributed by atoms with Gasteiger partial charge in [0.25, 0.3) is 0 Å². The van der Waals surface area contributed by atoms with Gasteiger partial charge < -0.3 is 5.32 Å². The van der Waals surface area contributed by atoms with Gasteiger partial charge in [0.1, 0.15) is 11.6 Å². The Morgan fingerprint density at radius 2 is 1.50 bits per heavy atom. The lowest BCUT2D eigenvalue weighted by Gasteiger charge is -2.21. The van der Waals surface area contributed by atoms with E-state index in [1.807, 2.05) is 26.1 Å². The van der Waals surface area contributed by atoms with Crippen molar-refractivity contribution in [3.05, 3.63) is 69.8 Å². The highest BCUT2D eigenvalue weighted by Gasteiger charge is 2.16. The van der Waals surface area contributed by atoms with Gasteiger partial charge in [-0.25, -0.2) is 8.78 Å². The van der Waals surface area contributed by atoms with Crippen LogP contribution in [0, 0.1) is 32.4 Å². The second kappa shape index (κ2) is 5.71. The van der Waals surface area contributed by atoms with Crippen LogP contribution in [0.2, 0.25) is 0 Å². The Bertz CT molecular complexity index is 612. The predicted molar refractivity (Wildman–Crippen MR) is 77.9 cm³/mol. The smallest absolute Gasteiger partial charge is 0.129 e. The molecule has 0 aromatic heterocycles. The summed E-state index contributed by atoms with van der Waals surface area (Å²) in [6.07, 6.45) is 0. The molecule has 0 saturated heterocycles. The number of benzene rings is 2. The standard InChI is InChI=1S/C17H19F2N/c1-10-9-14(18)5-6-15(10)17(20-4)13-7-11(2)16(19)12(3)8-13/h5-9,17,20H,1-4H3. The van der Waals surface area contributed by atoms with Crippen molar-refractivity contribution in [2.75, 3.05) is 7.05 Å². The van der Waals surface area contributed by atoms with E-state index in [-0.39, 0.29) is 17.7 Å². The van der Waals surface area contributed by atoms with Gasteiger partial charge in [0.2, 0.25) is 0 Å². The molecule has 0 amide bonds. The highest BCUT2D eigenvalue weighted by molar-refractivity contribution is 5.40. The van der Waals surface area contributed by atoms with Crippen LogP contribution < -0.4 is 5.32 Å². The van der Waals surface area contributed by atoms with Crippen LogP contribution in [-0.4, -0.2) is 7.05 Å². The molecule has 1 atom stereocenters. The molecule has 0 saturated carbocycles. The van der Waals surface area contributed by atoms with Crippen LogP contribution in [0.5, 0.6) is 0 Å². The molecular weight excluding hydrogens is 256 g/mol. The maximum Gasteiger partial charge on any atom is 0.129 e. The van der Waals surface area contributed by atoms with Gasteiger partial charge in [-0.3, -0.25) is 0 Å². The summed E-state index contributed by atoms with van der Waals surface area (Å²) in [4.78, 5) is 0. The maximum absolute atomic E-state index is 13.7. The first-order chi connectivity index (χ1) is 9.43. The molecule has 1 nitrogen and oxygen atoms in total. The van der Waals surface area contributed by atoms with Gasteiger partial charge in [-0.1, -0.05) is 18.2 Å². The van der Waals surface area contributed by atoms with Gasteiger partial charge >= 0.3 is 0 Å². The molecule has 0 aliphatic carbocycles. The minimum atomic E-state index is -0.243. The molecule has 0 heterocycles. The quantitative estimate of drug-likeness (QED) is 0.885. The Kier molecular flexibility index (Phi) is 4.19. The Morgan fingerprint density at radius 3 is 2.00 bits per heavy atom. The largest absolute Gasteiger partial charge is 0.309 e. The zero-order valence-electron chi connectivity index (χ0n) is 12.2. The summed E-state index contributed by atoms with van der Waals surface area (Å²) in [7, 11) is 1.85. The molecular formula is C17H19F2N. The third kappa shape index (κ3) is 2.73. The lowest BCUT2D eigenvalue weighted by Crippen LogP contribution is -2.19. The molecule has 106 valence electrons. The minimum Gasteiger partial charge on any atom is -0.309 e. The van der Waals surface area contributed by atoms with Crippen molar-refractivity contribution < 1.29 is 8.78 Å². The number of rotatable bonds is 3. The summed E-state index contributed by atoms with van der Waals surface area (Å²) in [5, 5.41) is 3.22. The molecule has 0 aliphatic rings. The Balaban J connectivity index is 2.52. The SMILES string of the molecule is CNC(c1cc(C)c(F)c(C)c1)c1ccc(F)cc1C. The molecule has 2 aromatic rings. The third-order valence-corrected chi connectivity index (χ3v) is 3.62. The highest BCUT2D eigenvalue weighted by Crippen LogP contribution is 2.27. The fourth-order valence-corrected chi connectivity index (χ4v) is 2.61. The Hall–Kier alpha value is -1.74. The minimum absolute atomic E-state index is 0.0754. The van der Waals surface area contributed by atoms with Crippen molar-refractivity contribution in [3.8, 4) is 0 Å². The molecule has 0 bridgehead atoms. The van der Waals surface area contributed by atoms with E-state index in [1.165, 1.54) is 12.1 Å². The second-order valence-electron chi connectivity index (χ2n) is 5.19.